The van der Waals surface area contributed by atoms with Crippen LogP contribution >= 0.6 is 15.9 Å². The van der Waals surface area contributed by atoms with Crippen LogP contribution in [0.4, 0.5) is 4.39 Å². The van der Waals surface area contributed by atoms with E-state index in [1.165, 1.54) is 12.1 Å². The number of fused-ring (bicyclic) bond motifs is 1. The van der Waals surface area contributed by atoms with Gasteiger partial charge >= 0.3 is 5.97 Å². The molecule has 126 valence electrons. The molecule has 25 heavy (non-hydrogen) atoms. The molecule has 4 rings (SSSR count). The topological polar surface area (TPSA) is 70.4 Å². The number of aromatic hydroxyl groups is 1. The minimum atomic E-state index is -1.21. The largest absolute Gasteiger partial charge is 0.505 e. The van der Waals surface area contributed by atoms with Crippen molar-refractivity contribution in [1.29, 1.82) is 0 Å². The standard InChI is InChI=1S/C19H13BrFNO3/c20-12-2-1-3-13-14(12)15(18(24)25)16(23)17(22-13)19(8-9-19)10-4-6-11(21)7-5-10/h1-7,23H,8-9H2,(H,24,25). The number of halogens is 2. The fourth-order valence-electron chi connectivity index (χ4n) is 3.36. The number of aromatic carboxylic acids is 1. The summed E-state index contributed by atoms with van der Waals surface area (Å²) in [6.45, 7) is 0. The summed E-state index contributed by atoms with van der Waals surface area (Å²) in [7, 11) is 0. The third kappa shape index (κ3) is 2.40. The van der Waals surface area contributed by atoms with Gasteiger partial charge in [-0.2, -0.15) is 0 Å². The second-order valence-corrected chi connectivity index (χ2v) is 7.07. The lowest BCUT2D eigenvalue weighted by atomic mass is 9.89. The maximum atomic E-state index is 13.3. The van der Waals surface area contributed by atoms with Gasteiger partial charge in [0.15, 0.2) is 5.75 Å². The Morgan fingerprint density at radius 1 is 1.16 bits per heavy atom. The Morgan fingerprint density at radius 2 is 1.84 bits per heavy atom. The van der Waals surface area contributed by atoms with Crippen LogP contribution < -0.4 is 0 Å². The van der Waals surface area contributed by atoms with Crippen LogP contribution in [0.15, 0.2) is 46.9 Å². The molecule has 0 radical (unpaired) electrons. The number of rotatable bonds is 3. The lowest BCUT2D eigenvalue weighted by Gasteiger charge is -2.19. The van der Waals surface area contributed by atoms with Crippen LogP contribution in [0.5, 0.6) is 5.75 Å². The summed E-state index contributed by atoms with van der Waals surface area (Å²) >= 11 is 3.34. The van der Waals surface area contributed by atoms with Crippen LogP contribution in [0, 0.1) is 5.82 Å². The molecule has 1 fully saturated rings. The highest BCUT2D eigenvalue weighted by Crippen LogP contribution is 2.56. The quantitative estimate of drug-likeness (QED) is 0.671. The molecule has 0 unspecified atom stereocenters. The SMILES string of the molecule is O=C(O)c1c(O)c(C2(c3ccc(F)cc3)CC2)nc2cccc(Br)c12. The molecule has 2 aromatic carbocycles. The Kier molecular flexibility index (Phi) is 3.54. The van der Waals surface area contributed by atoms with E-state index in [9.17, 15) is 19.4 Å². The highest BCUT2D eigenvalue weighted by atomic mass is 79.9. The van der Waals surface area contributed by atoms with Gasteiger partial charge < -0.3 is 10.2 Å². The Hall–Kier alpha value is -2.47. The number of hydrogen-bond acceptors (Lipinski definition) is 3. The van der Waals surface area contributed by atoms with Gasteiger partial charge in [-0.05, 0) is 42.7 Å². The molecular weight excluding hydrogens is 389 g/mol. The summed E-state index contributed by atoms with van der Waals surface area (Å²) < 4.78 is 13.8. The van der Waals surface area contributed by atoms with E-state index >= 15 is 0 Å². The molecule has 1 aromatic heterocycles. The summed E-state index contributed by atoms with van der Waals surface area (Å²) in [5, 5.41) is 20.7. The van der Waals surface area contributed by atoms with Crippen molar-refractivity contribution in [2.45, 2.75) is 18.3 Å². The highest BCUT2D eigenvalue weighted by Gasteiger charge is 2.50. The van der Waals surface area contributed by atoms with Gasteiger partial charge in [0.1, 0.15) is 11.4 Å². The molecule has 0 spiro atoms. The van der Waals surface area contributed by atoms with Crippen LogP contribution in [-0.2, 0) is 5.41 Å². The molecule has 2 N–H and O–H groups in total. The first-order valence-electron chi connectivity index (χ1n) is 7.75. The van der Waals surface area contributed by atoms with Crippen LogP contribution in [0.3, 0.4) is 0 Å². The molecule has 3 aromatic rings. The zero-order valence-electron chi connectivity index (χ0n) is 13.0. The van der Waals surface area contributed by atoms with Gasteiger partial charge in [0.25, 0.3) is 0 Å². The molecule has 6 heteroatoms. The molecule has 0 bridgehead atoms. The number of pyridine rings is 1. The van der Waals surface area contributed by atoms with Gasteiger partial charge in [0, 0.05) is 15.3 Å². The number of carboxylic acid groups (broad SMARTS) is 1. The smallest absolute Gasteiger partial charge is 0.340 e. The number of carbonyl (C=O) groups is 1. The molecule has 1 heterocycles. The second-order valence-electron chi connectivity index (χ2n) is 6.21. The molecule has 0 amide bonds. The van der Waals surface area contributed by atoms with Crippen molar-refractivity contribution in [3.8, 4) is 5.75 Å². The predicted molar refractivity (Wildman–Crippen MR) is 94.5 cm³/mol. The second kappa shape index (κ2) is 5.52. The van der Waals surface area contributed by atoms with Crippen molar-refractivity contribution in [1.82, 2.24) is 4.98 Å². The van der Waals surface area contributed by atoms with Gasteiger partial charge in [-0.1, -0.05) is 34.1 Å². The number of benzene rings is 2. The van der Waals surface area contributed by atoms with E-state index in [0.29, 0.717) is 21.1 Å². The Labute approximate surface area is 151 Å². The highest BCUT2D eigenvalue weighted by molar-refractivity contribution is 9.10. The molecule has 1 saturated carbocycles. The van der Waals surface area contributed by atoms with Crippen LogP contribution in [0.2, 0.25) is 0 Å². The third-order valence-electron chi connectivity index (χ3n) is 4.75. The number of aromatic nitrogens is 1. The first kappa shape index (κ1) is 16.0. The van der Waals surface area contributed by atoms with Gasteiger partial charge in [-0.15, -0.1) is 0 Å². The van der Waals surface area contributed by atoms with Crippen molar-refractivity contribution < 1.29 is 19.4 Å². The minimum absolute atomic E-state index is 0.166. The fourth-order valence-corrected chi connectivity index (χ4v) is 3.92. The Morgan fingerprint density at radius 3 is 2.44 bits per heavy atom. The van der Waals surface area contributed by atoms with Crippen LogP contribution in [0.25, 0.3) is 10.9 Å². The van der Waals surface area contributed by atoms with E-state index in [2.05, 4.69) is 20.9 Å². The van der Waals surface area contributed by atoms with Crippen molar-refractivity contribution in [2.24, 2.45) is 0 Å². The number of hydrogen-bond donors (Lipinski definition) is 2. The molecule has 0 aliphatic heterocycles. The average Bonchev–Trinajstić information content (AvgIpc) is 3.37. The first-order valence-corrected chi connectivity index (χ1v) is 8.54. The Balaban J connectivity index is 2.02. The lowest BCUT2D eigenvalue weighted by Crippen LogP contribution is -2.14. The van der Waals surface area contributed by atoms with Gasteiger partial charge in [-0.3, -0.25) is 0 Å². The van der Waals surface area contributed by atoms with Crippen LogP contribution in [0.1, 0.15) is 34.5 Å². The summed E-state index contributed by atoms with van der Waals surface area (Å²) in [5.74, 6) is -1.88. The van der Waals surface area contributed by atoms with Crippen molar-refractivity contribution in [2.75, 3.05) is 0 Å². The number of nitrogens with zero attached hydrogens (tertiary/aromatic N) is 1. The summed E-state index contributed by atoms with van der Waals surface area (Å²) in [6.07, 6.45) is 1.44. The van der Waals surface area contributed by atoms with Crippen molar-refractivity contribution in [3.63, 3.8) is 0 Å². The van der Waals surface area contributed by atoms with E-state index in [0.717, 1.165) is 18.4 Å². The van der Waals surface area contributed by atoms with E-state index < -0.39 is 11.4 Å². The zero-order chi connectivity index (χ0) is 17.8. The van der Waals surface area contributed by atoms with Crippen molar-refractivity contribution in [3.05, 3.63) is 69.6 Å². The monoisotopic (exact) mass is 401 g/mol. The van der Waals surface area contributed by atoms with Gasteiger partial charge in [-0.25, -0.2) is 14.2 Å². The van der Waals surface area contributed by atoms with Gasteiger partial charge in [0.2, 0.25) is 0 Å². The maximum Gasteiger partial charge on any atom is 0.340 e. The fraction of sp³-hybridized carbons (Fsp3) is 0.158. The van der Waals surface area contributed by atoms with Gasteiger partial charge in [0.05, 0.1) is 11.2 Å². The van der Waals surface area contributed by atoms with Crippen LogP contribution in [-0.4, -0.2) is 21.2 Å². The normalized spacial score (nSPS) is 15.3. The predicted octanol–water partition coefficient (Wildman–Crippen LogP) is 4.62. The number of carboxylic acids is 1. The third-order valence-corrected chi connectivity index (χ3v) is 5.41. The molecule has 4 nitrogen and oxygen atoms in total. The average molecular weight is 402 g/mol. The molecular formula is C19H13BrFNO3. The molecule has 0 atom stereocenters. The van der Waals surface area contributed by atoms with Crippen molar-refractivity contribution >= 4 is 32.8 Å². The summed E-state index contributed by atoms with van der Waals surface area (Å²) in [5.41, 5.74) is 0.914. The summed E-state index contributed by atoms with van der Waals surface area (Å²) in [6, 6.07) is 11.2. The van der Waals surface area contributed by atoms with E-state index in [1.807, 2.05) is 0 Å². The molecule has 0 saturated heterocycles. The minimum Gasteiger partial charge on any atom is -0.505 e. The van der Waals surface area contributed by atoms with E-state index in [1.54, 1.807) is 30.3 Å². The lowest BCUT2D eigenvalue weighted by molar-refractivity contribution is 0.0695. The maximum absolute atomic E-state index is 13.3. The molecule has 1 aliphatic carbocycles. The zero-order valence-corrected chi connectivity index (χ0v) is 14.5. The van der Waals surface area contributed by atoms with E-state index in [-0.39, 0.29) is 17.1 Å². The first-order chi connectivity index (χ1) is 11.9. The summed E-state index contributed by atoms with van der Waals surface area (Å²) in [4.78, 5) is 16.4. The molecule has 1 aliphatic rings. The Bertz CT molecular complexity index is 1010. The van der Waals surface area contributed by atoms with E-state index in [4.69, 9.17) is 0 Å².